The van der Waals surface area contributed by atoms with Gasteiger partial charge in [-0.3, -0.25) is 10.1 Å². The van der Waals surface area contributed by atoms with Crippen LogP contribution in [0.3, 0.4) is 0 Å². The number of nitrogens with one attached hydrogen (secondary N) is 1. The fourth-order valence-corrected chi connectivity index (χ4v) is 5.74. The van der Waals surface area contributed by atoms with E-state index in [2.05, 4.69) is 28.5 Å². The van der Waals surface area contributed by atoms with Crippen LogP contribution in [0.4, 0.5) is 10.8 Å². The molecule has 1 amide bonds. The molecule has 9 heteroatoms. The van der Waals surface area contributed by atoms with E-state index in [0.717, 1.165) is 38.8 Å². The number of carbonyl (C=O) groups is 1. The summed E-state index contributed by atoms with van der Waals surface area (Å²) < 4.78 is 0.845. The summed E-state index contributed by atoms with van der Waals surface area (Å²) >= 11 is 4.33. The molecule has 0 fully saturated rings. The normalized spacial score (nSPS) is 14.2. The number of aromatic nitrogens is 3. The number of fused-ring (bicyclic) bond motifs is 2. The Morgan fingerprint density at radius 1 is 1.27 bits per heavy atom. The average Bonchev–Trinajstić information content (AvgIpc) is 3.10. The number of amides is 1. The van der Waals surface area contributed by atoms with Crippen molar-refractivity contribution in [1.82, 2.24) is 15.2 Å². The van der Waals surface area contributed by atoms with Gasteiger partial charge in [-0.25, -0.2) is 4.98 Å². The number of nitrogens with two attached hydrogens (primary N) is 1. The van der Waals surface area contributed by atoms with Gasteiger partial charge in [-0.1, -0.05) is 36.4 Å². The van der Waals surface area contributed by atoms with Crippen molar-refractivity contribution >= 4 is 61.4 Å². The highest BCUT2D eigenvalue weighted by atomic mass is 32.2. The molecule has 3 N–H and O–H groups in total. The van der Waals surface area contributed by atoms with Gasteiger partial charge in [-0.15, -0.1) is 21.5 Å². The molecule has 4 rings (SSSR count). The third-order valence-corrected chi connectivity index (χ3v) is 7.32. The highest BCUT2D eigenvalue weighted by molar-refractivity contribution is 8.01. The maximum atomic E-state index is 12.7. The maximum Gasteiger partial charge on any atom is 0.269 e. The molecule has 1 aliphatic rings. The summed E-state index contributed by atoms with van der Waals surface area (Å²) in [4.78, 5) is 18.8. The first kappa shape index (κ1) is 17.7. The SMILES string of the molecule is CCSc1nnc(NC(=O)c2sc3nc4c(cc3c2N)CCCCC4)s1. The number of nitrogens with zero attached hydrogens (tertiary/aromatic N) is 3. The molecule has 26 heavy (non-hydrogen) atoms. The zero-order valence-corrected chi connectivity index (χ0v) is 16.8. The molecule has 1 aliphatic carbocycles. The van der Waals surface area contributed by atoms with Gasteiger partial charge < -0.3 is 5.73 Å². The Hall–Kier alpha value is -1.71. The zero-order valence-electron chi connectivity index (χ0n) is 14.4. The van der Waals surface area contributed by atoms with Crippen LogP contribution in [0.1, 0.15) is 47.1 Å². The van der Waals surface area contributed by atoms with Gasteiger partial charge in [0.2, 0.25) is 5.13 Å². The molecule has 0 aliphatic heterocycles. The lowest BCUT2D eigenvalue weighted by Gasteiger charge is -2.04. The largest absolute Gasteiger partial charge is 0.397 e. The molecule has 3 aromatic rings. The highest BCUT2D eigenvalue weighted by Crippen LogP contribution is 2.36. The van der Waals surface area contributed by atoms with Crippen molar-refractivity contribution < 1.29 is 4.79 Å². The highest BCUT2D eigenvalue weighted by Gasteiger charge is 2.21. The van der Waals surface area contributed by atoms with E-state index in [1.807, 2.05) is 0 Å². The van der Waals surface area contributed by atoms with E-state index in [1.54, 1.807) is 11.8 Å². The number of hydrogen-bond acceptors (Lipinski definition) is 8. The van der Waals surface area contributed by atoms with E-state index in [9.17, 15) is 4.79 Å². The molecule has 0 saturated heterocycles. The third-order valence-electron chi connectivity index (χ3n) is 4.35. The second-order valence-corrected chi connectivity index (χ2v) is 9.60. The summed E-state index contributed by atoms with van der Waals surface area (Å²) in [7, 11) is 0. The number of rotatable bonds is 4. The molecule has 0 spiro atoms. The van der Waals surface area contributed by atoms with E-state index in [0.29, 0.717) is 15.7 Å². The van der Waals surface area contributed by atoms with Crippen molar-refractivity contribution in [3.05, 3.63) is 22.2 Å². The van der Waals surface area contributed by atoms with Crippen LogP contribution >= 0.6 is 34.4 Å². The molecular weight excluding hydrogens is 386 g/mol. The zero-order chi connectivity index (χ0) is 18.1. The van der Waals surface area contributed by atoms with Gasteiger partial charge in [0.15, 0.2) is 4.34 Å². The molecule has 6 nitrogen and oxygen atoms in total. The number of thiophene rings is 1. The van der Waals surface area contributed by atoms with Crippen LogP contribution in [0, 0.1) is 0 Å². The summed E-state index contributed by atoms with van der Waals surface area (Å²) in [6.45, 7) is 2.05. The Morgan fingerprint density at radius 2 is 2.12 bits per heavy atom. The first-order valence-electron chi connectivity index (χ1n) is 8.64. The van der Waals surface area contributed by atoms with Gasteiger partial charge >= 0.3 is 0 Å². The fraction of sp³-hybridized carbons (Fsp3) is 0.412. The van der Waals surface area contributed by atoms with E-state index in [4.69, 9.17) is 10.7 Å². The lowest BCUT2D eigenvalue weighted by molar-refractivity contribution is 0.103. The monoisotopic (exact) mass is 405 g/mol. The minimum absolute atomic E-state index is 0.245. The molecule has 0 aromatic carbocycles. The Kier molecular flexibility index (Phi) is 5.10. The standard InChI is InChI=1S/C17H19N5OS3/c1-2-24-17-22-21-16(26-17)20-14(23)13-12(18)10-8-9-6-4-3-5-7-11(9)19-15(10)25-13/h8H,2-7,18H2,1H3,(H,20,21,23). The first-order valence-corrected chi connectivity index (χ1v) is 11.3. The van der Waals surface area contributed by atoms with E-state index in [-0.39, 0.29) is 5.91 Å². The molecule has 0 atom stereocenters. The van der Waals surface area contributed by atoms with Gasteiger partial charge in [0.05, 0.1) is 5.69 Å². The summed E-state index contributed by atoms with van der Waals surface area (Å²) in [6, 6.07) is 2.13. The van der Waals surface area contributed by atoms with Crippen molar-refractivity contribution in [1.29, 1.82) is 0 Å². The van der Waals surface area contributed by atoms with Gasteiger partial charge in [0.25, 0.3) is 5.91 Å². The van der Waals surface area contributed by atoms with Gasteiger partial charge in [0.1, 0.15) is 9.71 Å². The van der Waals surface area contributed by atoms with Crippen molar-refractivity contribution in [3.63, 3.8) is 0 Å². The molecule has 3 aromatic heterocycles. The summed E-state index contributed by atoms with van der Waals surface area (Å²) in [5.41, 5.74) is 9.24. The van der Waals surface area contributed by atoms with Crippen molar-refractivity contribution in [2.24, 2.45) is 0 Å². The maximum absolute atomic E-state index is 12.7. The van der Waals surface area contributed by atoms with Crippen LogP contribution < -0.4 is 11.1 Å². The number of anilines is 2. The molecule has 0 unspecified atom stereocenters. The first-order chi connectivity index (χ1) is 12.7. The molecule has 3 heterocycles. The predicted octanol–water partition coefficient (Wildman–Crippen LogP) is 4.36. The summed E-state index contributed by atoms with van der Waals surface area (Å²) in [5, 5.41) is 12.3. The number of hydrogen-bond donors (Lipinski definition) is 2. The van der Waals surface area contributed by atoms with E-state index < -0.39 is 0 Å². The lowest BCUT2D eigenvalue weighted by Crippen LogP contribution is -2.11. The number of carbonyl (C=O) groups excluding carboxylic acids is 1. The second kappa shape index (κ2) is 7.50. The van der Waals surface area contributed by atoms with E-state index >= 15 is 0 Å². The molecule has 0 radical (unpaired) electrons. The fourth-order valence-electron chi connectivity index (χ4n) is 3.10. The molecule has 0 bridgehead atoms. The van der Waals surface area contributed by atoms with Gasteiger partial charge in [0, 0.05) is 11.1 Å². The van der Waals surface area contributed by atoms with Crippen LogP contribution in [0.5, 0.6) is 0 Å². The van der Waals surface area contributed by atoms with Crippen LogP contribution in [0.2, 0.25) is 0 Å². The number of thioether (sulfide) groups is 1. The van der Waals surface area contributed by atoms with Crippen LogP contribution in [-0.2, 0) is 12.8 Å². The Bertz CT molecular complexity index is 965. The van der Waals surface area contributed by atoms with Gasteiger partial charge in [-0.2, -0.15) is 0 Å². The van der Waals surface area contributed by atoms with Crippen LogP contribution in [0.15, 0.2) is 10.4 Å². The van der Waals surface area contributed by atoms with Crippen LogP contribution in [-0.4, -0.2) is 26.8 Å². The predicted molar refractivity (Wildman–Crippen MR) is 110 cm³/mol. The Balaban J connectivity index is 1.63. The van der Waals surface area contributed by atoms with E-state index in [1.165, 1.54) is 47.5 Å². The molecular formula is C17H19N5OS3. The smallest absolute Gasteiger partial charge is 0.269 e. The van der Waals surface area contributed by atoms with Crippen LogP contribution in [0.25, 0.3) is 10.2 Å². The van der Waals surface area contributed by atoms with Crippen molar-refractivity contribution in [3.8, 4) is 0 Å². The van der Waals surface area contributed by atoms with Crippen molar-refractivity contribution in [2.45, 2.75) is 43.4 Å². The minimum Gasteiger partial charge on any atom is -0.397 e. The minimum atomic E-state index is -0.245. The number of aryl methyl sites for hydroxylation is 2. The lowest BCUT2D eigenvalue weighted by atomic mass is 10.1. The third kappa shape index (κ3) is 3.43. The summed E-state index contributed by atoms with van der Waals surface area (Å²) in [5.74, 6) is 0.673. The topological polar surface area (TPSA) is 93.8 Å². The van der Waals surface area contributed by atoms with Gasteiger partial charge in [-0.05, 0) is 43.1 Å². The quantitative estimate of drug-likeness (QED) is 0.380. The average molecular weight is 406 g/mol. The number of pyridine rings is 1. The summed E-state index contributed by atoms with van der Waals surface area (Å²) in [6.07, 6.45) is 5.65. The number of nitrogen functional groups attached to an aromatic ring is 1. The Labute approximate surface area is 163 Å². The Morgan fingerprint density at radius 3 is 2.96 bits per heavy atom. The molecule has 0 saturated carbocycles. The second-order valence-electron chi connectivity index (χ2n) is 6.11. The molecule has 136 valence electrons. The van der Waals surface area contributed by atoms with Crippen molar-refractivity contribution in [2.75, 3.05) is 16.8 Å².